The van der Waals surface area contributed by atoms with E-state index in [-0.39, 0.29) is 44.2 Å². The largest absolute Gasteiger partial charge is 0.324 e. The summed E-state index contributed by atoms with van der Waals surface area (Å²) in [4.78, 5) is 43.6. The summed E-state index contributed by atoms with van der Waals surface area (Å²) in [6.45, 7) is 3.53. The van der Waals surface area contributed by atoms with Gasteiger partial charge in [-0.3, -0.25) is 14.5 Å². The highest BCUT2D eigenvalue weighted by atomic mass is 19.3. The molecule has 1 atom stereocenters. The van der Waals surface area contributed by atoms with Crippen LogP contribution in [-0.2, 0) is 9.59 Å². The van der Waals surface area contributed by atoms with E-state index in [1.54, 1.807) is 49.2 Å². The van der Waals surface area contributed by atoms with Crippen molar-refractivity contribution in [3.05, 3.63) is 60.4 Å². The number of Topliss-reactive ketones (excluding diaryl/α,β-unsaturated/α-hetero) is 1. The van der Waals surface area contributed by atoms with Gasteiger partial charge in [-0.2, -0.15) is 0 Å². The van der Waals surface area contributed by atoms with Crippen molar-refractivity contribution in [1.82, 2.24) is 4.90 Å². The second-order valence-corrected chi connectivity index (χ2v) is 9.39. The zero-order valence-corrected chi connectivity index (χ0v) is 20.8. The van der Waals surface area contributed by atoms with E-state index in [0.717, 1.165) is 0 Å². The van der Waals surface area contributed by atoms with Crippen LogP contribution >= 0.6 is 0 Å². The van der Waals surface area contributed by atoms with Gasteiger partial charge in [0.05, 0.1) is 0 Å². The molecule has 1 fully saturated rings. The molecule has 0 bridgehead atoms. The lowest BCUT2D eigenvalue weighted by Crippen LogP contribution is -2.52. The minimum Gasteiger partial charge on any atom is -0.324 e. The second kappa shape index (κ2) is 11.6. The number of carbonyl (C=O) groups is 3. The molecule has 1 heterocycles. The standard InChI is InChI=1S/C27H32F3N3O3/c1-19(17-24(29)30)33(23-7-5-4-6-8-23)25(35)18-27(20(2)34)13-15-32(16-14-27)26(36)31(3)22-11-9-21(28)10-12-22/h4-12,19,24H,13-18H2,1-3H3. The van der Waals surface area contributed by atoms with Gasteiger partial charge in [0, 0.05) is 55.8 Å². The molecule has 3 rings (SSSR count). The Hall–Kier alpha value is -3.36. The Balaban J connectivity index is 1.74. The number of hydrogen-bond acceptors (Lipinski definition) is 3. The van der Waals surface area contributed by atoms with Crippen LogP contribution in [0, 0.1) is 11.2 Å². The van der Waals surface area contributed by atoms with E-state index in [0.29, 0.717) is 11.4 Å². The molecule has 1 aliphatic rings. The summed E-state index contributed by atoms with van der Waals surface area (Å²) in [6, 6.07) is 13.1. The number of urea groups is 1. The molecule has 0 aliphatic carbocycles. The SMILES string of the molecule is CC(=O)C1(CC(=O)N(c2ccccc2)C(C)CC(F)F)CCN(C(=O)N(C)c2ccc(F)cc2)CC1. The lowest BCUT2D eigenvalue weighted by molar-refractivity contribution is -0.135. The monoisotopic (exact) mass is 503 g/mol. The van der Waals surface area contributed by atoms with Crippen molar-refractivity contribution in [1.29, 1.82) is 0 Å². The molecule has 6 nitrogen and oxygen atoms in total. The Morgan fingerprint density at radius 3 is 2.08 bits per heavy atom. The third-order valence-electron chi connectivity index (χ3n) is 6.99. The summed E-state index contributed by atoms with van der Waals surface area (Å²) in [6.07, 6.45) is -2.62. The molecule has 194 valence electrons. The maximum absolute atomic E-state index is 13.5. The van der Waals surface area contributed by atoms with Crippen molar-refractivity contribution in [3.8, 4) is 0 Å². The predicted octanol–water partition coefficient (Wildman–Crippen LogP) is 5.52. The normalized spacial score (nSPS) is 15.9. The van der Waals surface area contributed by atoms with Crippen molar-refractivity contribution in [3.63, 3.8) is 0 Å². The van der Waals surface area contributed by atoms with Crippen molar-refractivity contribution >= 4 is 29.1 Å². The highest BCUT2D eigenvalue weighted by Gasteiger charge is 2.43. The van der Waals surface area contributed by atoms with Crippen LogP contribution in [0.1, 0.15) is 39.5 Å². The predicted molar refractivity (Wildman–Crippen MR) is 133 cm³/mol. The Morgan fingerprint density at radius 2 is 1.56 bits per heavy atom. The zero-order valence-electron chi connectivity index (χ0n) is 20.8. The van der Waals surface area contributed by atoms with Crippen LogP contribution in [-0.4, -0.2) is 55.2 Å². The average Bonchev–Trinajstić information content (AvgIpc) is 2.84. The number of piperidine rings is 1. The van der Waals surface area contributed by atoms with Gasteiger partial charge in [0.2, 0.25) is 12.3 Å². The van der Waals surface area contributed by atoms with Gasteiger partial charge in [0.15, 0.2) is 0 Å². The number of carbonyl (C=O) groups excluding carboxylic acids is 3. The van der Waals surface area contributed by atoms with E-state index in [9.17, 15) is 27.6 Å². The number of rotatable bonds is 8. The molecule has 36 heavy (non-hydrogen) atoms. The van der Waals surface area contributed by atoms with E-state index in [4.69, 9.17) is 0 Å². The first-order chi connectivity index (χ1) is 17.0. The summed E-state index contributed by atoms with van der Waals surface area (Å²) in [5.74, 6) is -0.960. The molecule has 0 saturated carbocycles. The fourth-order valence-electron chi connectivity index (χ4n) is 4.74. The van der Waals surface area contributed by atoms with Crippen LogP contribution in [0.3, 0.4) is 0 Å². The van der Waals surface area contributed by atoms with E-state index < -0.39 is 36.0 Å². The van der Waals surface area contributed by atoms with Crippen LogP contribution in [0.2, 0.25) is 0 Å². The van der Waals surface area contributed by atoms with Crippen LogP contribution in [0.4, 0.5) is 29.3 Å². The summed E-state index contributed by atoms with van der Waals surface area (Å²) in [5.41, 5.74) is 0.0503. The minimum atomic E-state index is -2.58. The molecule has 1 saturated heterocycles. The quantitative estimate of drug-likeness (QED) is 0.477. The molecular weight excluding hydrogens is 471 g/mol. The van der Waals surface area contributed by atoms with Gasteiger partial charge in [-0.05, 0) is 63.1 Å². The summed E-state index contributed by atoms with van der Waals surface area (Å²) in [5, 5.41) is 0. The van der Waals surface area contributed by atoms with Crippen LogP contribution in [0.25, 0.3) is 0 Å². The van der Waals surface area contributed by atoms with Gasteiger partial charge < -0.3 is 9.80 Å². The number of hydrogen-bond donors (Lipinski definition) is 0. The fraction of sp³-hybridized carbons (Fsp3) is 0.444. The van der Waals surface area contributed by atoms with Crippen LogP contribution < -0.4 is 9.80 Å². The lowest BCUT2D eigenvalue weighted by atomic mass is 9.72. The number of amides is 3. The Bertz CT molecular complexity index is 1050. The summed E-state index contributed by atoms with van der Waals surface area (Å²) < 4.78 is 39.6. The Morgan fingerprint density at radius 1 is 0.972 bits per heavy atom. The molecule has 2 aromatic rings. The van der Waals surface area contributed by atoms with E-state index in [2.05, 4.69) is 0 Å². The number of halogens is 3. The third-order valence-corrected chi connectivity index (χ3v) is 6.99. The second-order valence-electron chi connectivity index (χ2n) is 9.39. The molecular formula is C27H32F3N3O3. The molecule has 3 amide bonds. The minimum absolute atomic E-state index is 0.124. The van der Waals surface area contributed by atoms with Crippen LogP contribution in [0.5, 0.6) is 0 Å². The van der Waals surface area contributed by atoms with Crippen molar-refractivity contribution in [2.24, 2.45) is 5.41 Å². The van der Waals surface area contributed by atoms with Gasteiger partial charge in [-0.15, -0.1) is 0 Å². The van der Waals surface area contributed by atoms with Crippen molar-refractivity contribution < 1.29 is 27.6 Å². The summed E-state index contributed by atoms with van der Waals surface area (Å²) >= 11 is 0. The molecule has 1 unspecified atom stereocenters. The molecule has 1 aliphatic heterocycles. The van der Waals surface area contributed by atoms with E-state index >= 15 is 0 Å². The van der Waals surface area contributed by atoms with Gasteiger partial charge >= 0.3 is 6.03 Å². The average molecular weight is 504 g/mol. The number of anilines is 2. The number of likely N-dealkylation sites (tertiary alicyclic amines) is 1. The maximum Gasteiger partial charge on any atom is 0.324 e. The number of alkyl halides is 2. The fourth-order valence-corrected chi connectivity index (χ4v) is 4.74. The van der Waals surface area contributed by atoms with Crippen molar-refractivity contribution in [2.75, 3.05) is 29.9 Å². The van der Waals surface area contributed by atoms with E-state index in [1.165, 1.54) is 41.0 Å². The maximum atomic E-state index is 13.5. The van der Waals surface area contributed by atoms with E-state index in [1.807, 2.05) is 0 Å². The molecule has 0 radical (unpaired) electrons. The molecule has 9 heteroatoms. The number of para-hydroxylation sites is 1. The molecule has 2 aromatic carbocycles. The Labute approximate surface area is 209 Å². The number of benzene rings is 2. The first kappa shape index (κ1) is 27.2. The van der Waals surface area contributed by atoms with Gasteiger partial charge in [0.25, 0.3) is 0 Å². The number of ketones is 1. The highest BCUT2D eigenvalue weighted by molar-refractivity contribution is 5.98. The molecule has 0 aromatic heterocycles. The van der Waals surface area contributed by atoms with Gasteiger partial charge in [-0.1, -0.05) is 18.2 Å². The highest BCUT2D eigenvalue weighted by Crippen LogP contribution is 2.38. The molecule has 0 spiro atoms. The summed E-state index contributed by atoms with van der Waals surface area (Å²) in [7, 11) is 1.59. The topological polar surface area (TPSA) is 60.9 Å². The van der Waals surface area contributed by atoms with Crippen LogP contribution in [0.15, 0.2) is 54.6 Å². The third kappa shape index (κ3) is 6.25. The smallest absolute Gasteiger partial charge is 0.324 e. The Kier molecular flexibility index (Phi) is 8.76. The lowest BCUT2D eigenvalue weighted by Gasteiger charge is -2.42. The van der Waals surface area contributed by atoms with Gasteiger partial charge in [-0.25, -0.2) is 18.0 Å². The first-order valence-electron chi connectivity index (χ1n) is 12.0. The first-order valence-corrected chi connectivity index (χ1v) is 12.0. The number of nitrogens with zero attached hydrogens (tertiary/aromatic N) is 3. The zero-order chi connectivity index (χ0) is 26.5. The molecule has 0 N–H and O–H groups in total. The van der Waals surface area contributed by atoms with Gasteiger partial charge in [0.1, 0.15) is 11.6 Å². The van der Waals surface area contributed by atoms with Crippen molar-refractivity contribution in [2.45, 2.75) is 52.0 Å².